The van der Waals surface area contributed by atoms with Crippen molar-refractivity contribution in [1.29, 1.82) is 0 Å². The lowest BCUT2D eigenvalue weighted by Gasteiger charge is -2.27. The molecule has 3 rings (SSSR count). The van der Waals surface area contributed by atoms with Crippen LogP contribution >= 0.6 is 27.3 Å². The number of nitrogens with one attached hydrogen (secondary N) is 1. The van der Waals surface area contributed by atoms with E-state index >= 15 is 0 Å². The number of fused-ring (bicyclic) bond motifs is 1. The molecule has 1 aromatic carbocycles. The van der Waals surface area contributed by atoms with Crippen LogP contribution in [0, 0.1) is 6.92 Å². The van der Waals surface area contributed by atoms with E-state index in [1.54, 1.807) is 23.5 Å². The van der Waals surface area contributed by atoms with Crippen LogP contribution in [0.4, 0.5) is 0 Å². The van der Waals surface area contributed by atoms with Gasteiger partial charge >= 0.3 is 0 Å². The van der Waals surface area contributed by atoms with Gasteiger partial charge in [-0.2, -0.15) is 0 Å². The van der Waals surface area contributed by atoms with Crippen molar-refractivity contribution >= 4 is 39.1 Å². The lowest BCUT2D eigenvalue weighted by atomic mass is 10.1. The highest BCUT2D eigenvalue weighted by atomic mass is 79.9. The average molecular weight is 423 g/mol. The molecule has 0 saturated heterocycles. The highest BCUT2D eigenvalue weighted by Crippen LogP contribution is 2.29. The van der Waals surface area contributed by atoms with Crippen molar-refractivity contribution in [2.24, 2.45) is 0 Å². The highest BCUT2D eigenvalue weighted by molar-refractivity contribution is 9.10. The number of phenols is 1. The molecule has 2 aromatic rings. The fourth-order valence-corrected chi connectivity index (χ4v) is 4.37. The SMILES string of the molecule is Cc1cc(Br)c(O)c(C(=O)NCCC(=O)N2CCc3sccc3C2)c1. The number of phenolic OH excluding ortho intramolecular Hbond substituents is 1. The number of halogens is 1. The van der Waals surface area contributed by atoms with Crippen LogP contribution in [0.5, 0.6) is 5.75 Å². The minimum Gasteiger partial charge on any atom is -0.506 e. The summed E-state index contributed by atoms with van der Waals surface area (Å²) in [5, 5.41) is 14.8. The first-order valence-corrected chi connectivity index (χ1v) is 9.73. The van der Waals surface area contributed by atoms with Crippen LogP contribution < -0.4 is 5.32 Å². The first kappa shape index (κ1) is 17.9. The standard InChI is InChI=1S/C18H19BrN2O3S/c1-11-8-13(17(23)14(19)9-11)18(24)20-5-2-16(22)21-6-3-15-12(10-21)4-7-25-15/h4,7-9,23H,2-3,5-6,10H2,1H3,(H,20,24). The topological polar surface area (TPSA) is 69.6 Å². The Labute approximate surface area is 158 Å². The third-order valence-corrected chi connectivity index (χ3v) is 5.86. The second kappa shape index (κ2) is 7.58. The van der Waals surface area contributed by atoms with Gasteiger partial charge in [-0.3, -0.25) is 9.59 Å². The van der Waals surface area contributed by atoms with Crippen molar-refractivity contribution in [3.05, 3.63) is 49.6 Å². The number of amides is 2. The molecule has 0 bridgehead atoms. The zero-order valence-electron chi connectivity index (χ0n) is 13.8. The summed E-state index contributed by atoms with van der Waals surface area (Å²) in [5.41, 5.74) is 2.30. The van der Waals surface area contributed by atoms with Gasteiger partial charge in [0.15, 0.2) is 0 Å². The van der Waals surface area contributed by atoms with Crippen molar-refractivity contribution in [2.75, 3.05) is 13.1 Å². The van der Waals surface area contributed by atoms with Gasteiger partial charge in [-0.25, -0.2) is 0 Å². The van der Waals surface area contributed by atoms with Crippen LogP contribution in [-0.4, -0.2) is 34.9 Å². The molecule has 0 radical (unpaired) electrons. The first-order valence-electron chi connectivity index (χ1n) is 8.06. The molecular weight excluding hydrogens is 404 g/mol. The molecule has 5 nitrogen and oxygen atoms in total. The summed E-state index contributed by atoms with van der Waals surface area (Å²) in [6.45, 7) is 3.47. The number of aryl methyl sites for hydroxylation is 1. The summed E-state index contributed by atoms with van der Waals surface area (Å²) in [4.78, 5) is 27.8. The fraction of sp³-hybridized carbons (Fsp3) is 0.333. The summed E-state index contributed by atoms with van der Waals surface area (Å²) >= 11 is 4.97. The normalized spacial score (nSPS) is 13.4. The lowest BCUT2D eigenvalue weighted by Crippen LogP contribution is -2.37. The molecule has 2 heterocycles. The number of benzene rings is 1. The molecule has 25 heavy (non-hydrogen) atoms. The summed E-state index contributed by atoms with van der Waals surface area (Å²) in [6.07, 6.45) is 1.15. The largest absolute Gasteiger partial charge is 0.506 e. The van der Waals surface area contributed by atoms with E-state index in [1.165, 1.54) is 10.4 Å². The van der Waals surface area contributed by atoms with Crippen LogP contribution in [0.25, 0.3) is 0 Å². The zero-order valence-corrected chi connectivity index (χ0v) is 16.2. The van der Waals surface area contributed by atoms with Gasteiger partial charge in [0.05, 0.1) is 10.0 Å². The molecule has 2 N–H and O–H groups in total. The Hall–Kier alpha value is -1.86. The second-order valence-electron chi connectivity index (χ2n) is 6.08. The van der Waals surface area contributed by atoms with Crippen molar-refractivity contribution in [3.8, 4) is 5.75 Å². The van der Waals surface area contributed by atoms with Crippen molar-refractivity contribution in [2.45, 2.75) is 26.3 Å². The van der Waals surface area contributed by atoms with E-state index < -0.39 is 0 Å². The Morgan fingerprint density at radius 3 is 3.00 bits per heavy atom. The Kier molecular flexibility index (Phi) is 5.44. The van der Waals surface area contributed by atoms with E-state index in [0.29, 0.717) is 11.0 Å². The van der Waals surface area contributed by atoms with Gasteiger partial charge in [0.1, 0.15) is 5.75 Å². The van der Waals surface area contributed by atoms with Gasteiger partial charge in [0.2, 0.25) is 5.91 Å². The fourth-order valence-electron chi connectivity index (χ4n) is 2.91. The van der Waals surface area contributed by atoms with Crippen LogP contribution in [-0.2, 0) is 17.8 Å². The third-order valence-electron chi connectivity index (χ3n) is 4.24. The van der Waals surface area contributed by atoms with Crippen LogP contribution in [0.3, 0.4) is 0 Å². The maximum atomic E-state index is 12.3. The molecule has 7 heteroatoms. The number of thiophene rings is 1. The van der Waals surface area contributed by atoms with Crippen LogP contribution in [0.2, 0.25) is 0 Å². The van der Waals surface area contributed by atoms with E-state index in [9.17, 15) is 14.7 Å². The predicted octanol–water partition coefficient (Wildman–Crippen LogP) is 3.23. The van der Waals surface area contributed by atoms with Crippen LogP contribution in [0.1, 0.15) is 32.8 Å². The number of aromatic hydroxyl groups is 1. The summed E-state index contributed by atoms with van der Waals surface area (Å²) in [7, 11) is 0. The number of hydrogen-bond donors (Lipinski definition) is 2. The number of nitrogens with zero attached hydrogens (tertiary/aromatic N) is 1. The highest BCUT2D eigenvalue weighted by Gasteiger charge is 2.21. The molecule has 0 unspecified atom stereocenters. The van der Waals surface area contributed by atoms with E-state index in [4.69, 9.17) is 0 Å². The van der Waals surface area contributed by atoms with Crippen molar-refractivity contribution < 1.29 is 14.7 Å². The Bertz CT molecular complexity index is 819. The Balaban J connectivity index is 1.53. The van der Waals surface area contributed by atoms with E-state index in [0.717, 1.165) is 18.5 Å². The summed E-state index contributed by atoms with van der Waals surface area (Å²) in [6, 6.07) is 5.43. The number of carbonyl (C=O) groups is 2. The molecular formula is C18H19BrN2O3S. The Morgan fingerprint density at radius 2 is 2.20 bits per heavy atom. The second-order valence-corrected chi connectivity index (χ2v) is 7.94. The van der Waals surface area contributed by atoms with Gasteiger partial charge in [-0.15, -0.1) is 11.3 Å². The molecule has 1 aliphatic heterocycles. The molecule has 1 aromatic heterocycles. The number of hydrogen-bond acceptors (Lipinski definition) is 4. The first-order chi connectivity index (χ1) is 12.0. The summed E-state index contributed by atoms with van der Waals surface area (Å²) < 4.78 is 0.480. The Morgan fingerprint density at radius 1 is 1.40 bits per heavy atom. The molecule has 132 valence electrons. The van der Waals surface area contributed by atoms with Crippen molar-refractivity contribution in [1.82, 2.24) is 10.2 Å². The van der Waals surface area contributed by atoms with Gasteiger partial charge < -0.3 is 15.3 Å². The minimum atomic E-state index is -0.381. The van der Waals surface area contributed by atoms with Gasteiger partial charge in [0, 0.05) is 30.9 Å². The molecule has 1 aliphatic rings. The molecule has 0 fully saturated rings. The molecule has 0 aliphatic carbocycles. The molecule has 2 amide bonds. The lowest BCUT2D eigenvalue weighted by molar-refractivity contribution is -0.131. The molecule has 0 saturated carbocycles. The number of rotatable bonds is 4. The third kappa shape index (κ3) is 4.04. The van der Waals surface area contributed by atoms with Gasteiger partial charge in [-0.05, 0) is 64.0 Å². The quantitative estimate of drug-likeness (QED) is 0.794. The summed E-state index contributed by atoms with van der Waals surface area (Å²) in [5.74, 6) is -0.435. The van der Waals surface area contributed by atoms with Crippen molar-refractivity contribution in [3.63, 3.8) is 0 Å². The predicted molar refractivity (Wildman–Crippen MR) is 101 cm³/mol. The van der Waals surface area contributed by atoms with Gasteiger partial charge in [0.25, 0.3) is 5.91 Å². The molecule has 0 atom stereocenters. The van der Waals surface area contributed by atoms with E-state index in [-0.39, 0.29) is 36.1 Å². The minimum absolute atomic E-state index is 0.0341. The smallest absolute Gasteiger partial charge is 0.255 e. The monoisotopic (exact) mass is 422 g/mol. The maximum Gasteiger partial charge on any atom is 0.255 e. The zero-order chi connectivity index (χ0) is 18.0. The molecule has 0 spiro atoms. The number of carbonyl (C=O) groups excluding carboxylic acids is 2. The van der Waals surface area contributed by atoms with Gasteiger partial charge in [-0.1, -0.05) is 0 Å². The van der Waals surface area contributed by atoms with E-state index in [1.807, 2.05) is 11.8 Å². The van der Waals surface area contributed by atoms with E-state index in [2.05, 4.69) is 32.7 Å². The maximum absolute atomic E-state index is 12.3. The average Bonchev–Trinajstić information content (AvgIpc) is 3.05. The van der Waals surface area contributed by atoms with Crippen LogP contribution in [0.15, 0.2) is 28.1 Å².